The zero-order valence-corrected chi connectivity index (χ0v) is 14.7. The molecule has 1 aromatic carbocycles. The second kappa shape index (κ2) is 8.96. The summed E-state index contributed by atoms with van der Waals surface area (Å²) in [6, 6.07) is 8.00. The first-order valence-corrected chi connectivity index (χ1v) is 9.43. The predicted octanol–water partition coefficient (Wildman–Crippen LogP) is 3.36. The molecular formula is C18H26N2O2S. The van der Waals surface area contributed by atoms with E-state index in [-0.39, 0.29) is 11.8 Å². The topological polar surface area (TPSA) is 58.2 Å². The second-order valence-corrected chi connectivity index (χ2v) is 7.33. The number of amides is 2. The summed E-state index contributed by atoms with van der Waals surface area (Å²) >= 11 is 1.36. The molecule has 1 aliphatic rings. The standard InChI is InChI=1S/C18H26N2O2S/c1-13-6-5-8-15(10-13)19-17(21)11-23-12-18(22)20-16-9-4-3-7-14(16)2/h5-6,8,10,14,16H,3-4,7,9,11-12H2,1-2H3,(H,19,21)(H,20,22)/t14-,16+/m1/s1. The van der Waals surface area contributed by atoms with Gasteiger partial charge in [0.15, 0.2) is 0 Å². The lowest BCUT2D eigenvalue weighted by molar-refractivity contribution is -0.119. The molecule has 0 radical (unpaired) electrons. The van der Waals surface area contributed by atoms with E-state index in [4.69, 9.17) is 0 Å². The zero-order valence-electron chi connectivity index (χ0n) is 13.9. The smallest absolute Gasteiger partial charge is 0.234 e. The minimum Gasteiger partial charge on any atom is -0.352 e. The SMILES string of the molecule is Cc1cccc(NC(=O)CSCC(=O)N[C@H]2CCCC[C@H]2C)c1. The Balaban J connectivity index is 1.65. The molecular weight excluding hydrogens is 308 g/mol. The number of carbonyl (C=O) groups excluding carboxylic acids is 2. The third kappa shape index (κ3) is 6.26. The fourth-order valence-electron chi connectivity index (χ4n) is 2.94. The maximum atomic E-state index is 12.0. The van der Waals surface area contributed by atoms with Crippen LogP contribution in [-0.2, 0) is 9.59 Å². The predicted molar refractivity (Wildman–Crippen MR) is 96.7 cm³/mol. The van der Waals surface area contributed by atoms with Gasteiger partial charge < -0.3 is 10.6 Å². The number of hydrogen-bond donors (Lipinski definition) is 2. The molecule has 0 heterocycles. The molecule has 4 nitrogen and oxygen atoms in total. The molecule has 1 saturated carbocycles. The molecule has 0 bridgehead atoms. The van der Waals surface area contributed by atoms with Crippen molar-refractivity contribution in [2.75, 3.05) is 16.8 Å². The van der Waals surface area contributed by atoms with Crippen LogP contribution < -0.4 is 10.6 Å². The molecule has 2 amide bonds. The maximum Gasteiger partial charge on any atom is 0.234 e. The number of benzene rings is 1. The van der Waals surface area contributed by atoms with Crippen molar-refractivity contribution in [2.45, 2.75) is 45.6 Å². The summed E-state index contributed by atoms with van der Waals surface area (Å²) in [6.45, 7) is 4.19. The van der Waals surface area contributed by atoms with Crippen molar-refractivity contribution in [2.24, 2.45) is 5.92 Å². The first-order chi connectivity index (χ1) is 11.0. The van der Waals surface area contributed by atoms with Crippen molar-refractivity contribution in [1.29, 1.82) is 0 Å². The van der Waals surface area contributed by atoms with Gasteiger partial charge in [0.05, 0.1) is 11.5 Å². The van der Waals surface area contributed by atoms with Crippen LogP contribution in [0.25, 0.3) is 0 Å². The average Bonchev–Trinajstić information content (AvgIpc) is 2.49. The lowest BCUT2D eigenvalue weighted by Crippen LogP contribution is -2.42. The van der Waals surface area contributed by atoms with Gasteiger partial charge in [-0.2, -0.15) is 0 Å². The molecule has 0 aliphatic heterocycles. The molecule has 1 aliphatic carbocycles. The van der Waals surface area contributed by atoms with Crippen molar-refractivity contribution in [3.8, 4) is 0 Å². The molecule has 5 heteroatoms. The summed E-state index contributed by atoms with van der Waals surface area (Å²) in [5.74, 6) is 1.16. The van der Waals surface area contributed by atoms with E-state index in [2.05, 4.69) is 17.6 Å². The van der Waals surface area contributed by atoms with Crippen LogP contribution >= 0.6 is 11.8 Å². The van der Waals surface area contributed by atoms with Crippen LogP contribution in [0.2, 0.25) is 0 Å². The molecule has 0 aromatic heterocycles. The van der Waals surface area contributed by atoms with E-state index >= 15 is 0 Å². The highest BCUT2D eigenvalue weighted by atomic mass is 32.2. The van der Waals surface area contributed by atoms with E-state index in [0.717, 1.165) is 17.7 Å². The largest absolute Gasteiger partial charge is 0.352 e. The Labute approximate surface area is 142 Å². The number of hydrogen-bond acceptors (Lipinski definition) is 3. The quantitative estimate of drug-likeness (QED) is 0.838. The molecule has 1 aromatic rings. The Bertz CT molecular complexity index is 548. The Kier molecular flexibility index (Phi) is 6.96. The first kappa shape index (κ1) is 17.9. The van der Waals surface area contributed by atoms with Crippen LogP contribution in [0.5, 0.6) is 0 Å². The fourth-order valence-corrected chi connectivity index (χ4v) is 3.56. The summed E-state index contributed by atoms with van der Waals surface area (Å²) in [7, 11) is 0. The Morgan fingerprint density at radius 2 is 1.91 bits per heavy atom. The van der Waals surface area contributed by atoms with Gasteiger partial charge in [0, 0.05) is 11.7 Å². The molecule has 0 spiro atoms. The van der Waals surface area contributed by atoms with Gasteiger partial charge in [0.1, 0.15) is 0 Å². The summed E-state index contributed by atoms with van der Waals surface area (Å²) in [5, 5.41) is 5.96. The number of aryl methyl sites for hydroxylation is 1. The normalized spacial score (nSPS) is 20.8. The maximum absolute atomic E-state index is 12.0. The monoisotopic (exact) mass is 334 g/mol. The molecule has 0 unspecified atom stereocenters. The Hall–Kier alpha value is -1.49. The van der Waals surface area contributed by atoms with Crippen LogP contribution in [0.15, 0.2) is 24.3 Å². The highest BCUT2D eigenvalue weighted by Crippen LogP contribution is 2.23. The summed E-state index contributed by atoms with van der Waals surface area (Å²) in [5.41, 5.74) is 1.91. The van der Waals surface area contributed by atoms with Gasteiger partial charge in [-0.05, 0) is 43.4 Å². The molecule has 2 rings (SSSR count). The van der Waals surface area contributed by atoms with Gasteiger partial charge in [-0.1, -0.05) is 31.9 Å². The van der Waals surface area contributed by atoms with Gasteiger partial charge in [0.2, 0.25) is 11.8 Å². The highest BCUT2D eigenvalue weighted by molar-refractivity contribution is 8.00. The van der Waals surface area contributed by atoms with Crippen LogP contribution in [0, 0.1) is 12.8 Å². The van der Waals surface area contributed by atoms with Crippen molar-refractivity contribution >= 4 is 29.3 Å². The molecule has 1 fully saturated rings. The summed E-state index contributed by atoms with van der Waals surface area (Å²) in [6.07, 6.45) is 4.73. The van der Waals surface area contributed by atoms with E-state index in [9.17, 15) is 9.59 Å². The van der Waals surface area contributed by atoms with E-state index in [1.807, 2.05) is 31.2 Å². The third-order valence-corrected chi connectivity index (χ3v) is 5.16. The summed E-state index contributed by atoms with van der Waals surface area (Å²) < 4.78 is 0. The van der Waals surface area contributed by atoms with Gasteiger partial charge in [-0.3, -0.25) is 9.59 Å². The number of anilines is 1. The molecule has 2 atom stereocenters. The Morgan fingerprint density at radius 3 is 2.65 bits per heavy atom. The fraction of sp³-hybridized carbons (Fsp3) is 0.556. The van der Waals surface area contributed by atoms with E-state index in [1.165, 1.54) is 31.0 Å². The number of thioether (sulfide) groups is 1. The zero-order chi connectivity index (χ0) is 16.7. The van der Waals surface area contributed by atoms with Gasteiger partial charge in [-0.15, -0.1) is 11.8 Å². The second-order valence-electron chi connectivity index (χ2n) is 6.35. The molecule has 0 saturated heterocycles. The third-order valence-electron chi connectivity index (χ3n) is 4.23. The van der Waals surface area contributed by atoms with Gasteiger partial charge >= 0.3 is 0 Å². The van der Waals surface area contributed by atoms with E-state index in [1.54, 1.807) is 0 Å². The minimum atomic E-state index is -0.0700. The number of carbonyl (C=O) groups is 2. The van der Waals surface area contributed by atoms with Crippen LogP contribution in [0.3, 0.4) is 0 Å². The summed E-state index contributed by atoms with van der Waals surface area (Å²) in [4.78, 5) is 23.9. The average molecular weight is 334 g/mol. The molecule has 126 valence electrons. The number of rotatable bonds is 6. The molecule has 2 N–H and O–H groups in total. The van der Waals surface area contributed by atoms with Crippen molar-refractivity contribution < 1.29 is 9.59 Å². The van der Waals surface area contributed by atoms with E-state index < -0.39 is 0 Å². The number of nitrogens with one attached hydrogen (secondary N) is 2. The molecule has 23 heavy (non-hydrogen) atoms. The van der Waals surface area contributed by atoms with Crippen LogP contribution in [-0.4, -0.2) is 29.4 Å². The van der Waals surface area contributed by atoms with Gasteiger partial charge in [0.25, 0.3) is 0 Å². The lowest BCUT2D eigenvalue weighted by Gasteiger charge is -2.29. The highest BCUT2D eigenvalue weighted by Gasteiger charge is 2.22. The van der Waals surface area contributed by atoms with E-state index in [0.29, 0.717) is 23.5 Å². The first-order valence-electron chi connectivity index (χ1n) is 8.28. The van der Waals surface area contributed by atoms with Crippen molar-refractivity contribution in [3.05, 3.63) is 29.8 Å². The van der Waals surface area contributed by atoms with Crippen LogP contribution in [0.1, 0.15) is 38.2 Å². The van der Waals surface area contributed by atoms with Crippen molar-refractivity contribution in [1.82, 2.24) is 5.32 Å². The Morgan fingerprint density at radius 1 is 1.17 bits per heavy atom. The minimum absolute atomic E-state index is 0.0390. The lowest BCUT2D eigenvalue weighted by atomic mass is 9.86. The van der Waals surface area contributed by atoms with Crippen LogP contribution in [0.4, 0.5) is 5.69 Å². The van der Waals surface area contributed by atoms with Gasteiger partial charge in [-0.25, -0.2) is 0 Å². The van der Waals surface area contributed by atoms with Crippen molar-refractivity contribution in [3.63, 3.8) is 0 Å².